The molecule has 0 atom stereocenters. The summed E-state index contributed by atoms with van der Waals surface area (Å²) in [6.07, 6.45) is 1.42. The molecular formula is C21H17Cl2N3O3. The number of carbonyl (C=O) groups is 2. The number of pyridine rings is 1. The van der Waals surface area contributed by atoms with E-state index in [1.807, 2.05) is 0 Å². The van der Waals surface area contributed by atoms with Crippen molar-refractivity contribution in [1.29, 1.82) is 0 Å². The molecule has 1 heterocycles. The Morgan fingerprint density at radius 1 is 1.07 bits per heavy atom. The number of carbonyl (C=O) groups excluding carboxylic acids is 2. The molecule has 0 aliphatic heterocycles. The zero-order valence-electron chi connectivity index (χ0n) is 15.4. The van der Waals surface area contributed by atoms with Crippen molar-refractivity contribution in [2.24, 2.45) is 0 Å². The number of nitrogens with one attached hydrogen (secondary N) is 2. The highest BCUT2D eigenvalue weighted by Gasteiger charge is 2.13. The van der Waals surface area contributed by atoms with Crippen LogP contribution in [0, 0.1) is 0 Å². The summed E-state index contributed by atoms with van der Waals surface area (Å²) in [6.45, 7) is 1.86. The Morgan fingerprint density at radius 3 is 2.48 bits per heavy atom. The van der Waals surface area contributed by atoms with Gasteiger partial charge in [-0.25, -0.2) is 4.98 Å². The summed E-state index contributed by atoms with van der Waals surface area (Å²) in [7, 11) is 0. The lowest BCUT2D eigenvalue weighted by Crippen LogP contribution is -2.19. The molecule has 0 saturated heterocycles. The van der Waals surface area contributed by atoms with E-state index in [4.69, 9.17) is 27.9 Å². The van der Waals surface area contributed by atoms with Gasteiger partial charge in [-0.05, 0) is 35.9 Å². The second kappa shape index (κ2) is 9.41. The van der Waals surface area contributed by atoms with Crippen molar-refractivity contribution in [3.63, 3.8) is 0 Å². The molecular weight excluding hydrogens is 413 g/mol. The van der Waals surface area contributed by atoms with Gasteiger partial charge < -0.3 is 15.4 Å². The average molecular weight is 430 g/mol. The van der Waals surface area contributed by atoms with Crippen molar-refractivity contribution in [2.75, 3.05) is 5.32 Å². The van der Waals surface area contributed by atoms with Crippen LogP contribution in [0.2, 0.25) is 10.0 Å². The maximum Gasteiger partial charge on any atom is 0.255 e. The van der Waals surface area contributed by atoms with E-state index in [0.717, 1.165) is 5.56 Å². The van der Waals surface area contributed by atoms with Crippen molar-refractivity contribution < 1.29 is 14.3 Å². The Bertz CT molecular complexity index is 1040. The maximum atomic E-state index is 12.6. The number of rotatable bonds is 6. The van der Waals surface area contributed by atoms with Crippen LogP contribution in [0.3, 0.4) is 0 Å². The Hall–Kier alpha value is -3.09. The number of nitrogens with zero attached hydrogens (tertiary/aromatic N) is 1. The first-order valence-electron chi connectivity index (χ1n) is 8.65. The van der Waals surface area contributed by atoms with Crippen LogP contribution < -0.4 is 15.4 Å². The van der Waals surface area contributed by atoms with Gasteiger partial charge in [0.1, 0.15) is 5.02 Å². The summed E-state index contributed by atoms with van der Waals surface area (Å²) in [4.78, 5) is 27.7. The molecule has 2 aromatic carbocycles. The Balaban J connectivity index is 1.73. The monoisotopic (exact) mass is 429 g/mol. The maximum absolute atomic E-state index is 12.6. The standard InChI is InChI=1S/C21H17Cl2N3O3/c1-13(27)24-11-14-6-8-15(9-7-14)20(28)26-18-4-2-3-5-19(18)29-21-17(23)10-16(22)12-25-21/h2-10,12H,11H2,1H3,(H,24,27)(H,26,28). The molecule has 29 heavy (non-hydrogen) atoms. The fourth-order valence-corrected chi connectivity index (χ4v) is 2.85. The highest BCUT2D eigenvalue weighted by Crippen LogP contribution is 2.33. The first kappa shape index (κ1) is 20.6. The van der Waals surface area contributed by atoms with Gasteiger partial charge in [-0.2, -0.15) is 0 Å². The molecule has 0 bridgehead atoms. The van der Waals surface area contributed by atoms with E-state index in [2.05, 4.69) is 15.6 Å². The minimum Gasteiger partial charge on any atom is -0.435 e. The number of para-hydroxylation sites is 2. The van der Waals surface area contributed by atoms with Crippen molar-refractivity contribution in [3.05, 3.63) is 82.0 Å². The van der Waals surface area contributed by atoms with E-state index in [-0.39, 0.29) is 22.7 Å². The SMILES string of the molecule is CC(=O)NCc1ccc(C(=O)Nc2ccccc2Oc2ncc(Cl)cc2Cl)cc1. The van der Waals surface area contributed by atoms with Gasteiger partial charge in [0.25, 0.3) is 5.91 Å². The number of hydrogen-bond acceptors (Lipinski definition) is 4. The van der Waals surface area contributed by atoms with Gasteiger partial charge >= 0.3 is 0 Å². The van der Waals surface area contributed by atoms with Crippen LogP contribution in [0.25, 0.3) is 0 Å². The molecule has 1 aromatic heterocycles. The molecule has 0 saturated carbocycles. The summed E-state index contributed by atoms with van der Waals surface area (Å²) in [5.41, 5.74) is 1.82. The van der Waals surface area contributed by atoms with Crippen LogP contribution in [0.15, 0.2) is 60.8 Å². The highest BCUT2D eigenvalue weighted by molar-refractivity contribution is 6.35. The van der Waals surface area contributed by atoms with E-state index < -0.39 is 0 Å². The molecule has 0 unspecified atom stereocenters. The number of aromatic nitrogens is 1. The van der Waals surface area contributed by atoms with Gasteiger partial charge in [-0.15, -0.1) is 0 Å². The third-order valence-corrected chi connectivity index (χ3v) is 4.35. The minimum atomic E-state index is -0.303. The summed E-state index contributed by atoms with van der Waals surface area (Å²) in [5.74, 6) is 0.154. The smallest absolute Gasteiger partial charge is 0.255 e. The van der Waals surface area contributed by atoms with Crippen molar-refractivity contribution in [3.8, 4) is 11.6 Å². The number of hydrogen-bond donors (Lipinski definition) is 2. The largest absolute Gasteiger partial charge is 0.435 e. The van der Waals surface area contributed by atoms with Gasteiger partial charge in [-0.3, -0.25) is 9.59 Å². The zero-order chi connectivity index (χ0) is 20.8. The van der Waals surface area contributed by atoms with Crippen LogP contribution in [-0.4, -0.2) is 16.8 Å². The Kier molecular flexibility index (Phi) is 6.69. The first-order valence-corrected chi connectivity index (χ1v) is 9.40. The molecule has 0 aliphatic carbocycles. The predicted molar refractivity (Wildman–Crippen MR) is 113 cm³/mol. The topological polar surface area (TPSA) is 80.3 Å². The summed E-state index contributed by atoms with van der Waals surface area (Å²) >= 11 is 12.0. The zero-order valence-corrected chi connectivity index (χ0v) is 16.9. The average Bonchev–Trinajstić information content (AvgIpc) is 2.70. The van der Waals surface area contributed by atoms with Crippen LogP contribution in [0.5, 0.6) is 11.6 Å². The van der Waals surface area contributed by atoms with Crippen LogP contribution >= 0.6 is 23.2 Å². The summed E-state index contributed by atoms with van der Waals surface area (Å²) < 4.78 is 5.75. The van der Waals surface area contributed by atoms with Gasteiger partial charge in [0.05, 0.1) is 10.7 Å². The fourth-order valence-electron chi connectivity index (χ4n) is 2.44. The molecule has 0 radical (unpaired) electrons. The van der Waals surface area contributed by atoms with E-state index in [1.165, 1.54) is 19.2 Å². The molecule has 8 heteroatoms. The van der Waals surface area contributed by atoms with E-state index in [1.54, 1.807) is 48.5 Å². The molecule has 0 spiro atoms. The number of benzene rings is 2. The number of ether oxygens (including phenoxy) is 1. The lowest BCUT2D eigenvalue weighted by atomic mass is 10.1. The van der Waals surface area contributed by atoms with Crippen LogP contribution in [0.4, 0.5) is 5.69 Å². The van der Waals surface area contributed by atoms with Crippen molar-refractivity contribution in [2.45, 2.75) is 13.5 Å². The molecule has 0 fully saturated rings. The molecule has 6 nitrogen and oxygen atoms in total. The number of amides is 2. The minimum absolute atomic E-state index is 0.112. The molecule has 2 amide bonds. The lowest BCUT2D eigenvalue weighted by molar-refractivity contribution is -0.119. The van der Waals surface area contributed by atoms with Crippen molar-refractivity contribution in [1.82, 2.24) is 10.3 Å². The normalized spacial score (nSPS) is 10.3. The predicted octanol–water partition coefficient (Wildman–Crippen LogP) is 5.07. The Morgan fingerprint density at radius 2 is 1.79 bits per heavy atom. The van der Waals surface area contributed by atoms with E-state index >= 15 is 0 Å². The molecule has 2 N–H and O–H groups in total. The van der Waals surface area contributed by atoms with Gasteiger partial charge in [-0.1, -0.05) is 47.5 Å². The first-order chi connectivity index (χ1) is 13.9. The summed E-state index contributed by atoms with van der Waals surface area (Å²) in [5, 5.41) is 6.18. The third-order valence-electron chi connectivity index (χ3n) is 3.87. The van der Waals surface area contributed by atoms with Crippen molar-refractivity contribution >= 4 is 40.7 Å². The van der Waals surface area contributed by atoms with Crippen LogP contribution in [-0.2, 0) is 11.3 Å². The van der Waals surface area contributed by atoms with E-state index in [0.29, 0.717) is 28.6 Å². The second-order valence-corrected chi connectivity index (χ2v) is 6.94. The van der Waals surface area contributed by atoms with Gasteiger partial charge in [0.15, 0.2) is 5.75 Å². The molecule has 148 valence electrons. The molecule has 0 aliphatic rings. The summed E-state index contributed by atoms with van der Waals surface area (Å²) in [6, 6.07) is 15.4. The number of anilines is 1. The quantitative estimate of drug-likeness (QED) is 0.572. The fraction of sp³-hybridized carbons (Fsp3) is 0.0952. The lowest BCUT2D eigenvalue weighted by Gasteiger charge is -2.12. The van der Waals surface area contributed by atoms with Crippen LogP contribution in [0.1, 0.15) is 22.8 Å². The van der Waals surface area contributed by atoms with Gasteiger partial charge in [0.2, 0.25) is 11.8 Å². The van der Waals surface area contributed by atoms with Gasteiger partial charge in [0, 0.05) is 25.2 Å². The molecule has 3 aromatic rings. The Labute approximate surface area is 177 Å². The third kappa shape index (κ3) is 5.70. The number of halogens is 2. The molecule has 3 rings (SSSR count). The second-order valence-electron chi connectivity index (χ2n) is 6.10. The van der Waals surface area contributed by atoms with E-state index in [9.17, 15) is 9.59 Å². The highest BCUT2D eigenvalue weighted by atomic mass is 35.5.